The van der Waals surface area contributed by atoms with Crippen molar-refractivity contribution in [2.24, 2.45) is 0 Å². The van der Waals surface area contributed by atoms with E-state index >= 15 is 0 Å². The number of aliphatic hydroxyl groups is 1. The fourth-order valence-corrected chi connectivity index (χ4v) is 2.20. The van der Waals surface area contributed by atoms with Gasteiger partial charge in [0.05, 0.1) is 6.10 Å². The molecule has 0 amide bonds. The fourth-order valence-electron chi connectivity index (χ4n) is 2.20. The van der Waals surface area contributed by atoms with Crippen molar-refractivity contribution in [3.63, 3.8) is 0 Å². The average Bonchev–Trinajstić information content (AvgIpc) is 2.26. The maximum atomic E-state index is 9.26. The topological polar surface area (TPSA) is 32.3 Å². The molecule has 2 N–H and O–H groups in total. The Morgan fingerprint density at radius 1 is 1.33 bits per heavy atom. The summed E-state index contributed by atoms with van der Waals surface area (Å²) in [6.07, 6.45) is 4.70. The highest BCUT2D eigenvalue weighted by Crippen LogP contribution is 2.27. The van der Waals surface area contributed by atoms with E-state index in [-0.39, 0.29) is 6.10 Å². The lowest BCUT2D eigenvalue weighted by molar-refractivity contribution is 0.208. The van der Waals surface area contributed by atoms with Gasteiger partial charge in [0.25, 0.3) is 0 Å². The van der Waals surface area contributed by atoms with Gasteiger partial charge in [-0.25, -0.2) is 0 Å². The third-order valence-electron chi connectivity index (χ3n) is 2.98. The molecule has 1 unspecified atom stereocenters. The zero-order valence-electron chi connectivity index (χ0n) is 9.29. The van der Waals surface area contributed by atoms with Gasteiger partial charge in [0.2, 0.25) is 0 Å². The molecular weight excluding hydrogens is 186 g/mol. The van der Waals surface area contributed by atoms with E-state index in [0.717, 1.165) is 0 Å². The zero-order chi connectivity index (χ0) is 10.7. The van der Waals surface area contributed by atoms with Gasteiger partial charge in [0, 0.05) is 12.2 Å². The Hall–Kier alpha value is -1.02. The maximum absolute atomic E-state index is 9.26. The number of hydrogen-bond donors (Lipinski definition) is 2. The van der Waals surface area contributed by atoms with Crippen molar-refractivity contribution in [1.29, 1.82) is 0 Å². The lowest BCUT2D eigenvalue weighted by Crippen LogP contribution is -2.17. The zero-order valence-corrected chi connectivity index (χ0v) is 9.29. The molecule has 0 bridgehead atoms. The number of nitrogens with one attached hydrogen (secondary N) is 1. The van der Waals surface area contributed by atoms with E-state index in [1.165, 1.54) is 42.5 Å². The van der Waals surface area contributed by atoms with Crippen LogP contribution in [0.1, 0.15) is 30.9 Å². The SMILES string of the molecule is CC(O)CNc1cccc2c1CCCC2. The lowest BCUT2D eigenvalue weighted by Gasteiger charge is -2.20. The number of rotatable bonds is 3. The van der Waals surface area contributed by atoms with Crippen molar-refractivity contribution in [3.8, 4) is 0 Å². The van der Waals surface area contributed by atoms with Gasteiger partial charge in [-0.15, -0.1) is 0 Å². The minimum absolute atomic E-state index is 0.288. The number of fused-ring (bicyclic) bond motifs is 1. The van der Waals surface area contributed by atoms with Gasteiger partial charge in [-0.2, -0.15) is 0 Å². The number of aliphatic hydroxyl groups excluding tert-OH is 1. The summed E-state index contributed by atoms with van der Waals surface area (Å²) in [4.78, 5) is 0. The first-order valence-electron chi connectivity index (χ1n) is 5.80. The predicted molar refractivity (Wildman–Crippen MR) is 63.3 cm³/mol. The first kappa shape index (κ1) is 10.5. The molecule has 82 valence electrons. The average molecular weight is 205 g/mol. The number of hydrogen-bond acceptors (Lipinski definition) is 2. The molecule has 2 heteroatoms. The Bertz CT molecular complexity index is 333. The summed E-state index contributed by atoms with van der Waals surface area (Å²) in [5.74, 6) is 0. The van der Waals surface area contributed by atoms with Gasteiger partial charge in [-0.3, -0.25) is 0 Å². The Morgan fingerprint density at radius 2 is 2.13 bits per heavy atom. The van der Waals surface area contributed by atoms with E-state index < -0.39 is 0 Å². The second-order valence-electron chi connectivity index (χ2n) is 4.38. The maximum Gasteiger partial charge on any atom is 0.0684 e. The van der Waals surface area contributed by atoms with Crippen LogP contribution in [0.2, 0.25) is 0 Å². The summed E-state index contributed by atoms with van der Waals surface area (Å²) in [6, 6.07) is 6.45. The number of benzene rings is 1. The molecule has 15 heavy (non-hydrogen) atoms. The van der Waals surface area contributed by atoms with Crippen LogP contribution in [0.3, 0.4) is 0 Å². The van der Waals surface area contributed by atoms with Crippen LogP contribution >= 0.6 is 0 Å². The minimum atomic E-state index is -0.288. The first-order valence-corrected chi connectivity index (χ1v) is 5.80. The molecule has 1 aromatic carbocycles. The Kier molecular flexibility index (Phi) is 3.27. The van der Waals surface area contributed by atoms with E-state index in [1.807, 2.05) is 6.92 Å². The van der Waals surface area contributed by atoms with Crippen LogP contribution in [-0.2, 0) is 12.8 Å². The molecule has 2 rings (SSSR count). The monoisotopic (exact) mass is 205 g/mol. The van der Waals surface area contributed by atoms with Crippen molar-refractivity contribution in [1.82, 2.24) is 0 Å². The van der Waals surface area contributed by atoms with Crippen molar-refractivity contribution in [2.75, 3.05) is 11.9 Å². The number of anilines is 1. The van der Waals surface area contributed by atoms with E-state index in [9.17, 15) is 5.11 Å². The lowest BCUT2D eigenvalue weighted by atomic mass is 9.90. The third kappa shape index (κ3) is 2.51. The molecule has 0 saturated heterocycles. The molecule has 0 saturated carbocycles. The van der Waals surface area contributed by atoms with Gasteiger partial charge in [-0.05, 0) is 49.8 Å². The fraction of sp³-hybridized carbons (Fsp3) is 0.538. The smallest absolute Gasteiger partial charge is 0.0684 e. The van der Waals surface area contributed by atoms with Gasteiger partial charge in [-0.1, -0.05) is 12.1 Å². The molecule has 0 fully saturated rings. The molecule has 0 spiro atoms. The summed E-state index contributed by atoms with van der Waals surface area (Å²) in [7, 11) is 0. The highest BCUT2D eigenvalue weighted by atomic mass is 16.3. The van der Waals surface area contributed by atoms with Crippen LogP contribution in [0.25, 0.3) is 0 Å². The minimum Gasteiger partial charge on any atom is -0.392 e. The normalized spacial score (nSPS) is 16.9. The van der Waals surface area contributed by atoms with Crippen molar-refractivity contribution in [2.45, 2.75) is 38.7 Å². The van der Waals surface area contributed by atoms with E-state index in [2.05, 4.69) is 23.5 Å². The van der Waals surface area contributed by atoms with Crippen LogP contribution in [0.15, 0.2) is 18.2 Å². The largest absolute Gasteiger partial charge is 0.392 e. The first-order chi connectivity index (χ1) is 7.27. The molecule has 0 heterocycles. The molecule has 1 aromatic rings. The highest BCUT2D eigenvalue weighted by molar-refractivity contribution is 5.55. The Balaban J connectivity index is 2.16. The molecule has 0 radical (unpaired) electrons. The van der Waals surface area contributed by atoms with Crippen molar-refractivity contribution < 1.29 is 5.11 Å². The van der Waals surface area contributed by atoms with E-state index in [4.69, 9.17) is 0 Å². The molecule has 1 atom stereocenters. The van der Waals surface area contributed by atoms with Crippen LogP contribution in [0, 0.1) is 0 Å². The highest BCUT2D eigenvalue weighted by Gasteiger charge is 2.12. The van der Waals surface area contributed by atoms with Gasteiger partial charge >= 0.3 is 0 Å². The Labute approximate surface area is 91.3 Å². The molecule has 0 aromatic heterocycles. The van der Waals surface area contributed by atoms with Gasteiger partial charge in [0.15, 0.2) is 0 Å². The van der Waals surface area contributed by atoms with Crippen LogP contribution in [-0.4, -0.2) is 17.8 Å². The van der Waals surface area contributed by atoms with Crippen molar-refractivity contribution in [3.05, 3.63) is 29.3 Å². The molecule has 0 aliphatic heterocycles. The van der Waals surface area contributed by atoms with Crippen LogP contribution < -0.4 is 5.32 Å². The van der Waals surface area contributed by atoms with Crippen molar-refractivity contribution >= 4 is 5.69 Å². The summed E-state index contributed by atoms with van der Waals surface area (Å²) < 4.78 is 0. The number of aryl methyl sites for hydroxylation is 1. The predicted octanol–water partition coefficient (Wildman–Crippen LogP) is 2.36. The van der Waals surface area contributed by atoms with Gasteiger partial charge < -0.3 is 10.4 Å². The quantitative estimate of drug-likeness (QED) is 0.794. The molecule has 2 nitrogen and oxygen atoms in total. The summed E-state index contributed by atoms with van der Waals surface area (Å²) in [6.45, 7) is 2.44. The summed E-state index contributed by atoms with van der Waals surface area (Å²) in [5.41, 5.74) is 4.16. The summed E-state index contributed by atoms with van der Waals surface area (Å²) >= 11 is 0. The summed E-state index contributed by atoms with van der Waals surface area (Å²) in [5, 5.41) is 12.6. The van der Waals surface area contributed by atoms with E-state index in [0.29, 0.717) is 6.54 Å². The molecule has 1 aliphatic rings. The van der Waals surface area contributed by atoms with Gasteiger partial charge in [0.1, 0.15) is 0 Å². The van der Waals surface area contributed by atoms with Crippen LogP contribution in [0.4, 0.5) is 5.69 Å². The second kappa shape index (κ2) is 4.67. The van der Waals surface area contributed by atoms with Crippen LogP contribution in [0.5, 0.6) is 0 Å². The Morgan fingerprint density at radius 3 is 2.93 bits per heavy atom. The molecule has 1 aliphatic carbocycles. The third-order valence-corrected chi connectivity index (χ3v) is 2.98. The standard InChI is InChI=1S/C13H19NO/c1-10(15)9-14-13-8-4-6-11-5-2-3-7-12(11)13/h4,6,8,10,14-15H,2-3,5,7,9H2,1H3. The molecular formula is C13H19NO. The second-order valence-corrected chi connectivity index (χ2v) is 4.38. The van der Waals surface area contributed by atoms with E-state index in [1.54, 1.807) is 0 Å².